The Morgan fingerprint density at radius 2 is 1.76 bits per heavy atom. The first kappa shape index (κ1) is 29.4. The van der Waals surface area contributed by atoms with Crippen molar-refractivity contribution < 1.29 is 53.1 Å². The molecule has 2 heterocycles. The third kappa shape index (κ3) is 6.27. The number of carbonyl (C=O) groups is 1. The van der Waals surface area contributed by atoms with Gasteiger partial charge in [-0.3, -0.25) is 4.72 Å². The zero-order valence-corrected chi connectivity index (χ0v) is 20.7. The first-order chi connectivity index (χ1) is 17.3. The maximum Gasteiger partial charge on any atom is 0.516 e. The van der Waals surface area contributed by atoms with Gasteiger partial charge in [0.05, 0.1) is 5.69 Å². The van der Waals surface area contributed by atoms with Crippen molar-refractivity contribution in [1.82, 2.24) is 10.2 Å². The largest absolute Gasteiger partial charge is 0.516 e. The van der Waals surface area contributed by atoms with Gasteiger partial charge in [0.2, 0.25) is 5.01 Å². The summed E-state index contributed by atoms with van der Waals surface area (Å²) in [4.78, 5) is 13.4. The SMILES string of the molecule is CC(C)N1CCCc2cc(N=Nc3nnc(C(=O)OC(F)(F)C(F)(F)F)s3)c(NS(=O)(=O)C(F)(F)F)cc21. The average molecular weight is 596 g/mol. The molecule has 20 heteroatoms. The van der Waals surface area contributed by atoms with E-state index in [2.05, 4.69) is 25.2 Å². The molecular formula is C18H16F8N6O4S2. The molecule has 10 nitrogen and oxygen atoms in total. The standard InChI is InChI=1S/C18H16F8N6O4S2/c1-8(2)32-5-3-4-9-6-10(11(7-12(9)32)31-38(34,35)18(24,25)26)27-29-15-30-28-13(37-15)14(33)36-17(22,23)16(19,20)21/h6-8,31H,3-5H2,1-2H3. The number of anilines is 2. The lowest BCUT2D eigenvalue weighted by Gasteiger charge is -2.35. The zero-order valence-electron chi connectivity index (χ0n) is 19.1. The number of sulfonamides is 1. The van der Waals surface area contributed by atoms with Crippen LogP contribution in [0.15, 0.2) is 22.4 Å². The van der Waals surface area contributed by atoms with E-state index >= 15 is 0 Å². The minimum absolute atomic E-state index is 0.0832. The predicted octanol–water partition coefficient (Wildman–Crippen LogP) is 5.69. The van der Waals surface area contributed by atoms with Gasteiger partial charge in [0.15, 0.2) is 0 Å². The highest BCUT2D eigenvalue weighted by Crippen LogP contribution is 2.41. The summed E-state index contributed by atoms with van der Waals surface area (Å²) in [5.41, 5.74) is -5.61. The summed E-state index contributed by atoms with van der Waals surface area (Å²) in [7, 11) is -5.88. The van der Waals surface area contributed by atoms with Crippen LogP contribution in [0.3, 0.4) is 0 Å². The number of fused-ring (bicyclic) bond motifs is 1. The lowest BCUT2D eigenvalue weighted by atomic mass is 9.99. The quantitative estimate of drug-likeness (QED) is 0.247. The van der Waals surface area contributed by atoms with Crippen molar-refractivity contribution in [1.29, 1.82) is 0 Å². The Morgan fingerprint density at radius 1 is 1.11 bits per heavy atom. The summed E-state index contributed by atoms with van der Waals surface area (Å²) in [5.74, 6) is -2.17. The molecule has 0 aliphatic carbocycles. The lowest BCUT2D eigenvalue weighted by Crippen LogP contribution is -2.40. The zero-order chi connectivity index (χ0) is 28.7. The number of aromatic nitrogens is 2. The smallest absolute Gasteiger partial charge is 0.388 e. The second-order valence-electron chi connectivity index (χ2n) is 7.93. The number of hydrogen-bond acceptors (Lipinski definition) is 10. The monoisotopic (exact) mass is 596 g/mol. The van der Waals surface area contributed by atoms with Gasteiger partial charge in [-0.25, -0.2) is 4.79 Å². The summed E-state index contributed by atoms with van der Waals surface area (Å²) in [6, 6.07) is 2.34. The molecule has 1 aromatic heterocycles. The van der Waals surface area contributed by atoms with Gasteiger partial charge >= 0.3 is 33.8 Å². The van der Waals surface area contributed by atoms with E-state index in [-0.39, 0.29) is 17.4 Å². The van der Waals surface area contributed by atoms with Crippen LogP contribution in [0.5, 0.6) is 0 Å². The molecule has 0 radical (unpaired) electrons. The molecule has 1 aromatic carbocycles. The van der Waals surface area contributed by atoms with Gasteiger partial charge in [-0.05, 0) is 44.4 Å². The van der Waals surface area contributed by atoms with E-state index < -0.39 is 55.3 Å². The molecule has 0 saturated carbocycles. The van der Waals surface area contributed by atoms with Gasteiger partial charge in [0.1, 0.15) is 5.69 Å². The summed E-state index contributed by atoms with van der Waals surface area (Å²) in [6.07, 6.45) is -10.9. The van der Waals surface area contributed by atoms with E-state index in [1.54, 1.807) is 0 Å². The fraction of sp³-hybridized carbons (Fsp3) is 0.500. The van der Waals surface area contributed by atoms with Crippen LogP contribution in [0.2, 0.25) is 0 Å². The van der Waals surface area contributed by atoms with Crippen LogP contribution in [0.25, 0.3) is 0 Å². The number of nitrogens with zero attached hydrogens (tertiary/aromatic N) is 5. The Morgan fingerprint density at radius 3 is 2.34 bits per heavy atom. The minimum atomic E-state index is -6.19. The summed E-state index contributed by atoms with van der Waals surface area (Å²) >= 11 is 0.0832. The topological polar surface area (TPSA) is 126 Å². The molecule has 0 fully saturated rings. The van der Waals surface area contributed by atoms with E-state index in [1.807, 2.05) is 18.7 Å². The number of halogens is 8. The highest BCUT2D eigenvalue weighted by atomic mass is 32.2. The van der Waals surface area contributed by atoms with Crippen molar-refractivity contribution in [2.45, 2.75) is 50.5 Å². The molecule has 0 spiro atoms. The van der Waals surface area contributed by atoms with Gasteiger partial charge in [0.25, 0.3) is 5.13 Å². The number of carbonyl (C=O) groups excluding carboxylic acids is 1. The molecule has 2 aromatic rings. The van der Waals surface area contributed by atoms with Gasteiger partial charge in [-0.15, -0.1) is 20.4 Å². The lowest BCUT2D eigenvalue weighted by molar-refractivity contribution is -0.370. The van der Waals surface area contributed by atoms with Gasteiger partial charge in [-0.2, -0.15) is 43.5 Å². The Labute approximate surface area is 212 Å². The fourth-order valence-corrected chi connectivity index (χ4v) is 4.32. The number of azo groups is 1. The van der Waals surface area contributed by atoms with E-state index in [0.717, 1.165) is 6.07 Å². The molecule has 1 N–H and O–H groups in total. The number of hydrogen-bond donors (Lipinski definition) is 1. The molecule has 3 rings (SSSR count). The molecule has 1 aliphatic heterocycles. The normalized spacial score (nSPS) is 15.2. The van der Waals surface area contributed by atoms with E-state index in [0.29, 0.717) is 30.6 Å². The molecule has 0 unspecified atom stereocenters. The number of ether oxygens (including phenoxy) is 1. The average Bonchev–Trinajstić information content (AvgIpc) is 3.24. The Hall–Kier alpha value is -3.16. The van der Waals surface area contributed by atoms with Crippen molar-refractivity contribution in [2.75, 3.05) is 16.2 Å². The van der Waals surface area contributed by atoms with Crippen molar-refractivity contribution in [3.8, 4) is 0 Å². The first-order valence-corrected chi connectivity index (χ1v) is 12.6. The minimum Gasteiger partial charge on any atom is -0.388 e. The van der Waals surface area contributed by atoms with E-state index in [4.69, 9.17) is 0 Å². The van der Waals surface area contributed by atoms with Crippen LogP contribution in [-0.2, 0) is 21.2 Å². The predicted molar refractivity (Wildman–Crippen MR) is 116 cm³/mol. The van der Waals surface area contributed by atoms with Crippen molar-refractivity contribution in [3.63, 3.8) is 0 Å². The first-order valence-electron chi connectivity index (χ1n) is 10.3. The van der Waals surface area contributed by atoms with Crippen LogP contribution in [0.4, 0.5) is 57.3 Å². The third-order valence-corrected chi connectivity index (χ3v) is 6.79. The molecule has 1 aliphatic rings. The fourth-order valence-electron chi connectivity index (χ4n) is 3.20. The molecule has 38 heavy (non-hydrogen) atoms. The van der Waals surface area contributed by atoms with Crippen molar-refractivity contribution in [2.24, 2.45) is 10.2 Å². The van der Waals surface area contributed by atoms with Crippen LogP contribution in [-0.4, -0.2) is 55.0 Å². The van der Waals surface area contributed by atoms with Crippen LogP contribution in [0, 0.1) is 0 Å². The van der Waals surface area contributed by atoms with Crippen LogP contribution >= 0.6 is 11.3 Å². The maximum absolute atomic E-state index is 13.0. The van der Waals surface area contributed by atoms with Crippen LogP contribution in [0.1, 0.15) is 35.6 Å². The molecule has 210 valence electrons. The highest BCUT2D eigenvalue weighted by molar-refractivity contribution is 7.93. The molecule has 0 amide bonds. The number of aryl methyl sites for hydroxylation is 1. The van der Waals surface area contributed by atoms with Gasteiger partial charge in [0, 0.05) is 18.3 Å². The van der Waals surface area contributed by atoms with E-state index in [9.17, 15) is 48.3 Å². The Bertz CT molecular complexity index is 1340. The number of alkyl halides is 8. The molecular weight excluding hydrogens is 580 g/mol. The second kappa shape index (κ2) is 10.2. The highest BCUT2D eigenvalue weighted by Gasteiger charge is 2.62. The molecule has 0 atom stereocenters. The van der Waals surface area contributed by atoms with Crippen molar-refractivity contribution in [3.05, 3.63) is 22.7 Å². The maximum atomic E-state index is 13.0. The third-order valence-electron chi connectivity index (χ3n) is 4.91. The number of benzene rings is 1. The second-order valence-corrected chi connectivity index (χ2v) is 10.6. The van der Waals surface area contributed by atoms with Gasteiger partial charge in [-0.1, -0.05) is 11.3 Å². The van der Waals surface area contributed by atoms with E-state index in [1.165, 1.54) is 10.8 Å². The van der Waals surface area contributed by atoms with Crippen LogP contribution < -0.4 is 9.62 Å². The van der Waals surface area contributed by atoms with Gasteiger partial charge < -0.3 is 9.64 Å². The summed E-state index contributed by atoms with van der Waals surface area (Å²) in [6.45, 7) is 4.20. The molecule has 0 bridgehead atoms. The Kier molecular flexibility index (Phi) is 7.88. The summed E-state index contributed by atoms with van der Waals surface area (Å²) < 4.78 is 130. The number of rotatable bonds is 7. The Balaban J connectivity index is 1.96. The van der Waals surface area contributed by atoms with Crippen molar-refractivity contribution >= 4 is 49.5 Å². The summed E-state index contributed by atoms with van der Waals surface area (Å²) in [5, 5.41) is 11.9. The number of nitrogens with one attached hydrogen (secondary N) is 1. The molecule has 0 saturated heterocycles. The number of esters is 1.